The molecule has 1 aliphatic carbocycles. The molecule has 0 heterocycles. The van der Waals surface area contributed by atoms with Crippen LogP contribution in [-0.2, 0) is 5.60 Å². The second kappa shape index (κ2) is 4.92. The lowest BCUT2D eigenvalue weighted by Crippen LogP contribution is -2.38. The molecular weight excluding hydrogens is 241 g/mol. The van der Waals surface area contributed by atoms with Crippen molar-refractivity contribution in [1.29, 1.82) is 0 Å². The summed E-state index contributed by atoms with van der Waals surface area (Å²) >= 11 is 0. The van der Waals surface area contributed by atoms with Crippen molar-refractivity contribution >= 4 is 0 Å². The lowest BCUT2D eigenvalue weighted by Gasteiger charge is -2.40. The van der Waals surface area contributed by atoms with Crippen molar-refractivity contribution in [3.8, 4) is 0 Å². The van der Waals surface area contributed by atoms with Crippen LogP contribution < -0.4 is 0 Å². The van der Waals surface area contributed by atoms with Crippen molar-refractivity contribution in [2.45, 2.75) is 44.6 Å². The molecule has 4 heteroatoms. The van der Waals surface area contributed by atoms with E-state index in [0.29, 0.717) is 12.8 Å². The second-order valence-electron chi connectivity index (χ2n) is 5.00. The molecule has 0 radical (unpaired) electrons. The number of aliphatic hydroxyl groups is 1. The van der Waals surface area contributed by atoms with Gasteiger partial charge in [-0.2, -0.15) is 0 Å². The Morgan fingerprint density at radius 2 is 1.94 bits per heavy atom. The van der Waals surface area contributed by atoms with Crippen LogP contribution in [0.5, 0.6) is 0 Å². The number of benzene rings is 1. The average molecular weight is 258 g/mol. The molecule has 1 aliphatic rings. The summed E-state index contributed by atoms with van der Waals surface area (Å²) in [6.45, 7) is 1.92. The third kappa shape index (κ3) is 2.03. The Balaban J connectivity index is 2.48. The first-order chi connectivity index (χ1) is 8.50. The first-order valence-electron chi connectivity index (χ1n) is 6.37. The van der Waals surface area contributed by atoms with Crippen LogP contribution in [0.15, 0.2) is 12.1 Å². The summed E-state index contributed by atoms with van der Waals surface area (Å²) in [6, 6.07) is 2.05. The number of halogens is 3. The number of hydrogen-bond donors (Lipinski definition) is 1. The van der Waals surface area contributed by atoms with Crippen LogP contribution in [-0.4, -0.2) is 5.11 Å². The van der Waals surface area contributed by atoms with E-state index in [1.807, 2.05) is 6.92 Å². The fourth-order valence-electron chi connectivity index (χ4n) is 2.98. The molecule has 0 aliphatic heterocycles. The molecular formula is C14H17F3O. The van der Waals surface area contributed by atoms with Gasteiger partial charge in [-0.25, -0.2) is 13.2 Å². The third-order valence-electron chi connectivity index (χ3n) is 4.03. The fourth-order valence-corrected chi connectivity index (χ4v) is 2.98. The zero-order valence-corrected chi connectivity index (χ0v) is 10.3. The molecule has 1 fully saturated rings. The maximum atomic E-state index is 13.8. The number of rotatable bonds is 2. The van der Waals surface area contributed by atoms with Crippen LogP contribution in [0.3, 0.4) is 0 Å². The van der Waals surface area contributed by atoms with Gasteiger partial charge < -0.3 is 5.11 Å². The highest BCUT2D eigenvalue weighted by atomic mass is 19.2. The fraction of sp³-hybridized carbons (Fsp3) is 0.571. The molecule has 0 bridgehead atoms. The Morgan fingerprint density at radius 3 is 2.61 bits per heavy atom. The molecule has 2 unspecified atom stereocenters. The van der Waals surface area contributed by atoms with Crippen LogP contribution >= 0.6 is 0 Å². The predicted molar refractivity (Wildman–Crippen MR) is 62.5 cm³/mol. The van der Waals surface area contributed by atoms with E-state index >= 15 is 0 Å². The predicted octanol–water partition coefficient (Wildman–Crippen LogP) is 3.89. The molecule has 18 heavy (non-hydrogen) atoms. The first-order valence-corrected chi connectivity index (χ1v) is 6.37. The van der Waals surface area contributed by atoms with Crippen LogP contribution in [0.1, 0.15) is 44.6 Å². The maximum Gasteiger partial charge on any atom is 0.194 e. The molecule has 2 atom stereocenters. The Morgan fingerprint density at radius 1 is 1.22 bits per heavy atom. The van der Waals surface area contributed by atoms with Gasteiger partial charge in [0.15, 0.2) is 17.5 Å². The van der Waals surface area contributed by atoms with E-state index in [1.54, 1.807) is 0 Å². The van der Waals surface area contributed by atoms with Crippen molar-refractivity contribution in [2.75, 3.05) is 0 Å². The third-order valence-corrected chi connectivity index (χ3v) is 4.03. The molecule has 2 rings (SSSR count). The van der Waals surface area contributed by atoms with E-state index in [4.69, 9.17) is 0 Å². The van der Waals surface area contributed by atoms with Crippen molar-refractivity contribution in [3.63, 3.8) is 0 Å². The van der Waals surface area contributed by atoms with Crippen molar-refractivity contribution in [3.05, 3.63) is 35.1 Å². The van der Waals surface area contributed by atoms with Gasteiger partial charge in [0.05, 0.1) is 5.60 Å². The Bertz CT molecular complexity index is 447. The van der Waals surface area contributed by atoms with Gasteiger partial charge >= 0.3 is 0 Å². The molecule has 0 spiro atoms. The van der Waals surface area contributed by atoms with Gasteiger partial charge in [-0.05, 0) is 24.8 Å². The van der Waals surface area contributed by atoms with Gasteiger partial charge in [0.1, 0.15) is 0 Å². The molecule has 0 aromatic heterocycles. The van der Waals surface area contributed by atoms with E-state index in [1.165, 1.54) is 6.07 Å². The summed E-state index contributed by atoms with van der Waals surface area (Å²) < 4.78 is 40.0. The lowest BCUT2D eigenvalue weighted by atomic mass is 9.70. The summed E-state index contributed by atoms with van der Waals surface area (Å²) in [5, 5.41) is 10.7. The van der Waals surface area contributed by atoms with Crippen LogP contribution in [0.4, 0.5) is 13.2 Å². The second-order valence-corrected chi connectivity index (χ2v) is 5.00. The van der Waals surface area contributed by atoms with Crippen molar-refractivity contribution in [2.24, 2.45) is 5.92 Å². The average Bonchev–Trinajstić information content (AvgIpc) is 2.36. The van der Waals surface area contributed by atoms with Gasteiger partial charge in [0.25, 0.3) is 0 Å². The smallest absolute Gasteiger partial charge is 0.194 e. The van der Waals surface area contributed by atoms with Gasteiger partial charge in [0.2, 0.25) is 0 Å². The first kappa shape index (κ1) is 13.4. The van der Waals surface area contributed by atoms with Gasteiger partial charge in [-0.15, -0.1) is 0 Å². The van der Waals surface area contributed by atoms with Crippen LogP contribution in [0.25, 0.3) is 0 Å². The minimum Gasteiger partial charge on any atom is -0.385 e. The number of hydrogen-bond acceptors (Lipinski definition) is 1. The van der Waals surface area contributed by atoms with Crippen LogP contribution in [0.2, 0.25) is 0 Å². The van der Waals surface area contributed by atoms with E-state index in [9.17, 15) is 18.3 Å². The summed E-state index contributed by atoms with van der Waals surface area (Å²) in [7, 11) is 0. The molecule has 0 amide bonds. The van der Waals surface area contributed by atoms with Crippen LogP contribution in [0, 0.1) is 23.4 Å². The minimum absolute atomic E-state index is 0.104. The summed E-state index contributed by atoms with van der Waals surface area (Å²) in [4.78, 5) is 0. The highest BCUT2D eigenvalue weighted by Gasteiger charge is 2.42. The van der Waals surface area contributed by atoms with Gasteiger partial charge in [0, 0.05) is 5.56 Å². The quantitative estimate of drug-likeness (QED) is 0.798. The standard InChI is InChI=1S/C14H17F3O/c1-2-9-5-3-4-8-14(9,18)10-6-7-11(15)13(17)12(10)16/h6-7,9,18H,2-5,8H2,1H3. The minimum atomic E-state index is -1.50. The van der Waals surface area contributed by atoms with E-state index in [2.05, 4.69) is 0 Å². The van der Waals surface area contributed by atoms with E-state index in [0.717, 1.165) is 25.3 Å². The SMILES string of the molecule is CCC1CCCCC1(O)c1ccc(F)c(F)c1F. The maximum absolute atomic E-state index is 13.8. The Labute approximate surface area is 105 Å². The molecule has 1 nitrogen and oxygen atoms in total. The molecule has 1 aromatic carbocycles. The summed E-state index contributed by atoms with van der Waals surface area (Å²) in [5.74, 6) is -4.08. The molecule has 1 saturated carbocycles. The van der Waals surface area contributed by atoms with Gasteiger partial charge in [-0.1, -0.05) is 32.3 Å². The molecule has 100 valence electrons. The highest BCUT2D eigenvalue weighted by molar-refractivity contribution is 5.27. The van der Waals surface area contributed by atoms with Crippen molar-refractivity contribution < 1.29 is 18.3 Å². The normalized spacial score (nSPS) is 28.4. The lowest BCUT2D eigenvalue weighted by molar-refractivity contribution is -0.0588. The Kier molecular flexibility index (Phi) is 3.66. The topological polar surface area (TPSA) is 20.2 Å². The molecule has 1 N–H and O–H groups in total. The highest BCUT2D eigenvalue weighted by Crippen LogP contribution is 2.44. The summed E-state index contributed by atoms with van der Waals surface area (Å²) in [5.41, 5.74) is -1.47. The monoisotopic (exact) mass is 258 g/mol. The van der Waals surface area contributed by atoms with E-state index < -0.39 is 23.1 Å². The zero-order chi connectivity index (χ0) is 13.3. The van der Waals surface area contributed by atoms with E-state index in [-0.39, 0.29) is 11.5 Å². The Hall–Kier alpha value is -1.03. The largest absolute Gasteiger partial charge is 0.385 e. The zero-order valence-electron chi connectivity index (χ0n) is 10.3. The molecule has 1 aromatic rings. The van der Waals surface area contributed by atoms with Gasteiger partial charge in [-0.3, -0.25) is 0 Å². The summed E-state index contributed by atoms with van der Waals surface area (Å²) in [6.07, 6.45) is 3.62. The molecule has 0 saturated heterocycles. The van der Waals surface area contributed by atoms with Crippen molar-refractivity contribution in [1.82, 2.24) is 0 Å².